The van der Waals surface area contributed by atoms with Gasteiger partial charge < -0.3 is 14.4 Å². The Morgan fingerprint density at radius 3 is 2.13 bits per heavy atom. The van der Waals surface area contributed by atoms with E-state index in [2.05, 4.69) is 10.2 Å². The fourth-order valence-corrected chi connectivity index (χ4v) is 3.78. The van der Waals surface area contributed by atoms with E-state index in [-0.39, 0.29) is 11.7 Å². The molecule has 3 aromatic rings. The highest BCUT2D eigenvalue weighted by Gasteiger charge is 2.19. The molecule has 1 amide bonds. The van der Waals surface area contributed by atoms with Crippen LogP contribution in [-0.4, -0.2) is 71.8 Å². The Hall–Kier alpha value is -2.68. The summed E-state index contributed by atoms with van der Waals surface area (Å²) in [7, 11) is 3.25. The molecule has 2 aromatic carbocycles. The first-order valence-corrected chi connectivity index (χ1v) is 10.7. The fourth-order valence-electron chi connectivity index (χ4n) is 2.93. The van der Waals surface area contributed by atoms with Crippen molar-refractivity contribution in [3.63, 3.8) is 0 Å². The summed E-state index contributed by atoms with van der Waals surface area (Å²) in [4.78, 5) is 14.5. The minimum absolute atomic E-state index is 0.0120. The van der Waals surface area contributed by atoms with Gasteiger partial charge in [-0.25, -0.2) is 0 Å². The summed E-state index contributed by atoms with van der Waals surface area (Å²) in [6.45, 7) is 2.02. The number of benzene rings is 2. The third-order valence-electron chi connectivity index (χ3n) is 4.49. The molecule has 0 aliphatic heterocycles. The molecule has 0 bridgehead atoms. The topological polar surface area (TPSA) is 69.5 Å². The number of carbonyl (C=O) groups excluding carboxylic acids is 1. The summed E-state index contributed by atoms with van der Waals surface area (Å²) in [5.41, 5.74) is 1.92. The van der Waals surface area contributed by atoms with Crippen molar-refractivity contribution in [3.8, 4) is 17.1 Å². The average molecular weight is 427 g/mol. The second-order valence-corrected chi connectivity index (χ2v) is 7.44. The number of carbonyl (C=O) groups is 1. The smallest absolute Gasteiger partial charge is 0.233 e. The van der Waals surface area contributed by atoms with E-state index in [9.17, 15) is 4.79 Å². The van der Waals surface area contributed by atoms with E-state index in [1.54, 1.807) is 19.1 Å². The van der Waals surface area contributed by atoms with Crippen LogP contribution in [0.1, 0.15) is 0 Å². The minimum atomic E-state index is 0.0120. The highest BCUT2D eigenvalue weighted by molar-refractivity contribution is 7.99. The van der Waals surface area contributed by atoms with Gasteiger partial charge in [0.05, 0.1) is 19.0 Å². The van der Waals surface area contributed by atoms with Crippen LogP contribution >= 0.6 is 11.8 Å². The number of nitrogens with zero attached hydrogens (tertiary/aromatic N) is 4. The van der Waals surface area contributed by atoms with E-state index in [0.29, 0.717) is 31.5 Å². The number of amides is 1. The Morgan fingerprint density at radius 1 is 0.933 bits per heavy atom. The van der Waals surface area contributed by atoms with Gasteiger partial charge >= 0.3 is 0 Å². The second-order valence-electron chi connectivity index (χ2n) is 6.50. The first kappa shape index (κ1) is 22.0. The van der Waals surface area contributed by atoms with E-state index < -0.39 is 0 Å². The Bertz CT molecular complexity index is 911. The number of ether oxygens (including phenoxy) is 2. The molecule has 158 valence electrons. The number of hydrogen-bond donors (Lipinski definition) is 0. The lowest BCUT2D eigenvalue weighted by molar-refractivity contribution is -0.129. The van der Waals surface area contributed by atoms with E-state index in [1.165, 1.54) is 11.8 Å². The van der Waals surface area contributed by atoms with Crippen LogP contribution < -0.4 is 0 Å². The van der Waals surface area contributed by atoms with Crippen molar-refractivity contribution in [2.24, 2.45) is 0 Å². The molecular formula is C22H26N4O3S. The van der Waals surface area contributed by atoms with Gasteiger partial charge in [-0.2, -0.15) is 0 Å². The molecule has 0 atom stereocenters. The zero-order valence-corrected chi connectivity index (χ0v) is 18.0. The van der Waals surface area contributed by atoms with Crippen molar-refractivity contribution in [2.75, 3.05) is 46.3 Å². The molecular weight excluding hydrogens is 400 g/mol. The lowest BCUT2D eigenvalue weighted by Crippen LogP contribution is -2.37. The summed E-state index contributed by atoms with van der Waals surface area (Å²) in [5, 5.41) is 9.47. The molecule has 7 nitrogen and oxygen atoms in total. The molecule has 0 radical (unpaired) electrons. The summed E-state index contributed by atoms with van der Waals surface area (Å²) in [5.74, 6) is 1.01. The maximum Gasteiger partial charge on any atom is 0.233 e. The standard InChI is InChI=1S/C22H26N4O3S/c1-28-15-13-25(14-16-29-2)20(27)17-30-22-24-23-21(18-9-5-3-6-10-18)26(22)19-11-7-4-8-12-19/h3-12H,13-17H2,1-2H3. The molecule has 0 fully saturated rings. The predicted octanol–water partition coefficient (Wildman–Crippen LogP) is 3.15. The SMILES string of the molecule is COCCN(CCOC)C(=O)CSc1nnc(-c2ccccc2)n1-c1ccccc1. The molecule has 0 N–H and O–H groups in total. The maximum absolute atomic E-state index is 12.8. The first-order chi connectivity index (χ1) is 14.7. The Morgan fingerprint density at radius 2 is 1.53 bits per heavy atom. The van der Waals surface area contributed by atoms with Gasteiger partial charge in [0.1, 0.15) is 0 Å². The van der Waals surface area contributed by atoms with Gasteiger partial charge in [0, 0.05) is 38.6 Å². The largest absolute Gasteiger partial charge is 0.383 e. The van der Waals surface area contributed by atoms with Crippen LogP contribution in [-0.2, 0) is 14.3 Å². The van der Waals surface area contributed by atoms with Crippen molar-refractivity contribution in [2.45, 2.75) is 5.16 Å². The summed E-state index contributed by atoms with van der Waals surface area (Å²) in [6.07, 6.45) is 0. The number of aromatic nitrogens is 3. The van der Waals surface area contributed by atoms with Crippen LogP contribution in [0.4, 0.5) is 0 Å². The van der Waals surface area contributed by atoms with Gasteiger partial charge in [-0.15, -0.1) is 10.2 Å². The van der Waals surface area contributed by atoms with Crippen molar-refractivity contribution in [1.29, 1.82) is 0 Å². The molecule has 3 rings (SSSR count). The normalized spacial score (nSPS) is 10.9. The molecule has 0 saturated heterocycles. The summed E-state index contributed by atoms with van der Waals surface area (Å²) < 4.78 is 12.2. The summed E-state index contributed by atoms with van der Waals surface area (Å²) >= 11 is 1.38. The zero-order chi connectivity index (χ0) is 21.2. The third kappa shape index (κ3) is 5.69. The molecule has 0 aliphatic carbocycles. The van der Waals surface area contributed by atoms with Crippen molar-refractivity contribution in [1.82, 2.24) is 19.7 Å². The minimum Gasteiger partial charge on any atom is -0.383 e. The molecule has 0 unspecified atom stereocenters. The van der Waals surface area contributed by atoms with Crippen LogP contribution in [0.15, 0.2) is 65.8 Å². The predicted molar refractivity (Wildman–Crippen MR) is 118 cm³/mol. The van der Waals surface area contributed by atoms with Gasteiger partial charge in [-0.05, 0) is 12.1 Å². The quantitative estimate of drug-likeness (QED) is 0.439. The monoisotopic (exact) mass is 426 g/mol. The van der Waals surface area contributed by atoms with Crippen molar-refractivity contribution in [3.05, 3.63) is 60.7 Å². The van der Waals surface area contributed by atoms with E-state index >= 15 is 0 Å². The van der Waals surface area contributed by atoms with Gasteiger partial charge in [0.25, 0.3) is 0 Å². The highest BCUT2D eigenvalue weighted by Crippen LogP contribution is 2.27. The van der Waals surface area contributed by atoms with Crippen LogP contribution in [0.2, 0.25) is 0 Å². The van der Waals surface area contributed by atoms with Crippen LogP contribution in [0.3, 0.4) is 0 Å². The molecule has 0 aliphatic rings. The van der Waals surface area contributed by atoms with Gasteiger partial charge in [-0.3, -0.25) is 9.36 Å². The van der Waals surface area contributed by atoms with Gasteiger partial charge in [-0.1, -0.05) is 60.3 Å². The van der Waals surface area contributed by atoms with Gasteiger partial charge in [0.2, 0.25) is 5.91 Å². The van der Waals surface area contributed by atoms with Crippen molar-refractivity contribution < 1.29 is 14.3 Å². The average Bonchev–Trinajstić information content (AvgIpc) is 3.23. The Kier molecular flexibility index (Phi) is 8.43. The van der Waals surface area contributed by atoms with E-state index in [4.69, 9.17) is 9.47 Å². The lowest BCUT2D eigenvalue weighted by atomic mass is 10.2. The molecule has 8 heteroatoms. The van der Waals surface area contributed by atoms with Crippen LogP contribution in [0.25, 0.3) is 17.1 Å². The molecule has 30 heavy (non-hydrogen) atoms. The summed E-state index contributed by atoms with van der Waals surface area (Å²) in [6, 6.07) is 19.8. The van der Waals surface area contributed by atoms with E-state index in [1.807, 2.05) is 65.2 Å². The zero-order valence-electron chi connectivity index (χ0n) is 17.2. The lowest BCUT2D eigenvalue weighted by Gasteiger charge is -2.21. The maximum atomic E-state index is 12.8. The molecule has 0 saturated carbocycles. The number of methoxy groups -OCH3 is 2. The Labute approximate surface area is 181 Å². The molecule has 1 heterocycles. The number of hydrogen-bond acceptors (Lipinski definition) is 6. The highest BCUT2D eigenvalue weighted by atomic mass is 32.2. The third-order valence-corrected chi connectivity index (χ3v) is 5.40. The number of thioether (sulfide) groups is 1. The number of para-hydroxylation sites is 1. The number of rotatable bonds is 11. The van der Waals surface area contributed by atoms with Gasteiger partial charge in [0.15, 0.2) is 11.0 Å². The van der Waals surface area contributed by atoms with Crippen LogP contribution in [0, 0.1) is 0 Å². The second kappa shape index (κ2) is 11.5. The van der Waals surface area contributed by atoms with E-state index in [0.717, 1.165) is 17.1 Å². The van der Waals surface area contributed by atoms with Crippen LogP contribution in [0.5, 0.6) is 0 Å². The first-order valence-electron chi connectivity index (χ1n) is 9.69. The fraction of sp³-hybridized carbons (Fsp3) is 0.318. The Balaban J connectivity index is 1.82. The van der Waals surface area contributed by atoms with Crippen molar-refractivity contribution >= 4 is 17.7 Å². The molecule has 0 spiro atoms. The molecule has 1 aromatic heterocycles.